The zero-order valence-electron chi connectivity index (χ0n) is 13.4. The molecule has 1 fully saturated rings. The molecule has 0 radical (unpaired) electrons. The average Bonchev–Trinajstić information content (AvgIpc) is 2.55. The van der Waals surface area contributed by atoms with Gasteiger partial charge in [-0.2, -0.15) is 0 Å². The average molecular weight is 332 g/mol. The first-order valence-electron chi connectivity index (χ1n) is 7.75. The van der Waals surface area contributed by atoms with Gasteiger partial charge in [-0.3, -0.25) is 19.2 Å². The fraction of sp³-hybridized carbons (Fsp3) is 0.412. The molecule has 24 heavy (non-hydrogen) atoms. The summed E-state index contributed by atoms with van der Waals surface area (Å²) in [4.78, 5) is 46.1. The molecule has 0 aromatic heterocycles. The van der Waals surface area contributed by atoms with Gasteiger partial charge in [0.1, 0.15) is 25.0 Å². The molecule has 1 atom stereocenters. The van der Waals surface area contributed by atoms with E-state index in [0.717, 1.165) is 5.56 Å². The molecule has 2 amide bonds. The summed E-state index contributed by atoms with van der Waals surface area (Å²) >= 11 is 0. The Morgan fingerprint density at radius 2 is 1.88 bits per heavy atom. The number of ether oxygens (including phenoxy) is 1. The van der Waals surface area contributed by atoms with Gasteiger partial charge in [0.2, 0.25) is 11.8 Å². The fourth-order valence-corrected chi connectivity index (χ4v) is 2.17. The minimum absolute atomic E-state index is 0.0495. The number of carbonyl (C=O) groups excluding carboxylic acids is 4. The van der Waals surface area contributed by atoms with Crippen molar-refractivity contribution >= 4 is 23.6 Å². The van der Waals surface area contributed by atoms with Crippen molar-refractivity contribution in [1.29, 1.82) is 0 Å². The molecule has 0 unspecified atom stereocenters. The molecule has 1 aliphatic rings. The first-order valence-corrected chi connectivity index (χ1v) is 7.75. The molecule has 0 bridgehead atoms. The summed E-state index contributed by atoms with van der Waals surface area (Å²) in [6.45, 7) is 1.38. The third-order valence-corrected chi connectivity index (χ3v) is 3.72. The van der Waals surface area contributed by atoms with Crippen molar-refractivity contribution in [3.05, 3.63) is 35.9 Å². The highest BCUT2D eigenvalue weighted by molar-refractivity contribution is 5.98. The molecule has 128 valence electrons. The summed E-state index contributed by atoms with van der Waals surface area (Å²) in [5, 5.41) is 4.94. The first-order chi connectivity index (χ1) is 11.5. The van der Waals surface area contributed by atoms with Crippen LogP contribution in [0, 0.1) is 5.92 Å². The predicted octanol–water partition coefficient (Wildman–Crippen LogP) is 0.330. The largest absolute Gasteiger partial charge is 0.460 e. The normalized spacial score (nSPS) is 15.1. The van der Waals surface area contributed by atoms with Crippen molar-refractivity contribution < 1.29 is 23.9 Å². The Morgan fingerprint density at radius 3 is 2.50 bits per heavy atom. The Labute approximate surface area is 139 Å². The van der Waals surface area contributed by atoms with E-state index in [2.05, 4.69) is 10.6 Å². The predicted molar refractivity (Wildman–Crippen MR) is 84.6 cm³/mol. The Bertz CT molecular complexity index is 621. The Hall–Kier alpha value is -2.70. The highest BCUT2D eigenvalue weighted by Crippen LogP contribution is 2.22. The molecule has 7 nitrogen and oxygen atoms in total. The molecule has 0 spiro atoms. The first kappa shape index (κ1) is 17.7. The minimum atomic E-state index is -0.782. The highest BCUT2D eigenvalue weighted by atomic mass is 16.5. The third kappa shape index (κ3) is 5.19. The Morgan fingerprint density at radius 1 is 1.21 bits per heavy atom. The highest BCUT2D eigenvalue weighted by Gasteiger charge is 2.33. The van der Waals surface area contributed by atoms with Crippen LogP contribution in [0.15, 0.2) is 30.3 Å². The molecule has 1 aromatic carbocycles. The van der Waals surface area contributed by atoms with Crippen LogP contribution < -0.4 is 10.6 Å². The summed E-state index contributed by atoms with van der Waals surface area (Å²) < 4.78 is 5.04. The second kappa shape index (κ2) is 8.24. The molecule has 0 saturated heterocycles. The van der Waals surface area contributed by atoms with E-state index < -0.39 is 17.9 Å². The number of nitrogens with one attached hydrogen (secondary N) is 2. The van der Waals surface area contributed by atoms with Gasteiger partial charge in [0.05, 0.1) is 5.92 Å². The molecule has 1 aromatic rings. The van der Waals surface area contributed by atoms with Gasteiger partial charge in [-0.1, -0.05) is 30.3 Å². The number of amides is 2. The molecule has 1 saturated carbocycles. The van der Waals surface area contributed by atoms with Crippen LogP contribution in [-0.4, -0.2) is 36.2 Å². The summed E-state index contributed by atoms with van der Waals surface area (Å²) in [7, 11) is 0. The van der Waals surface area contributed by atoms with Gasteiger partial charge in [0.15, 0.2) is 0 Å². The second-order valence-corrected chi connectivity index (χ2v) is 5.74. The van der Waals surface area contributed by atoms with Crippen molar-refractivity contribution in [2.75, 3.05) is 6.54 Å². The van der Waals surface area contributed by atoms with Crippen molar-refractivity contribution in [2.45, 2.75) is 32.4 Å². The summed E-state index contributed by atoms with van der Waals surface area (Å²) in [6, 6.07) is 8.41. The number of hydrogen-bond acceptors (Lipinski definition) is 5. The summed E-state index contributed by atoms with van der Waals surface area (Å²) in [5.74, 6) is -1.65. The zero-order chi connectivity index (χ0) is 17.5. The smallest absolute Gasteiger partial charge is 0.325 e. The van der Waals surface area contributed by atoms with Crippen molar-refractivity contribution in [2.24, 2.45) is 5.92 Å². The molecular weight excluding hydrogens is 312 g/mol. The molecular formula is C17H20N2O5. The maximum atomic E-state index is 11.8. The zero-order valence-corrected chi connectivity index (χ0v) is 13.4. The quantitative estimate of drug-likeness (QED) is 0.701. The lowest BCUT2D eigenvalue weighted by molar-refractivity contribution is -0.145. The monoisotopic (exact) mass is 332 g/mol. The van der Waals surface area contributed by atoms with Crippen LogP contribution in [0.2, 0.25) is 0 Å². The van der Waals surface area contributed by atoms with Crippen LogP contribution in [0.25, 0.3) is 0 Å². The van der Waals surface area contributed by atoms with Crippen LogP contribution in [-0.2, 0) is 30.5 Å². The molecule has 1 aliphatic carbocycles. The van der Waals surface area contributed by atoms with Crippen molar-refractivity contribution in [1.82, 2.24) is 10.6 Å². The number of ketones is 1. The van der Waals surface area contributed by atoms with Gasteiger partial charge in [0.25, 0.3) is 0 Å². The lowest BCUT2D eigenvalue weighted by Crippen LogP contribution is -2.49. The molecule has 2 N–H and O–H groups in total. The molecule has 7 heteroatoms. The van der Waals surface area contributed by atoms with Crippen LogP contribution in [0.4, 0.5) is 0 Å². The molecule has 0 heterocycles. The van der Waals surface area contributed by atoms with Gasteiger partial charge in [-0.15, -0.1) is 0 Å². The van der Waals surface area contributed by atoms with E-state index in [1.54, 1.807) is 0 Å². The summed E-state index contributed by atoms with van der Waals surface area (Å²) in [6.07, 6.45) is 0.456. The van der Waals surface area contributed by atoms with Crippen LogP contribution in [0.3, 0.4) is 0 Å². The topological polar surface area (TPSA) is 102 Å². The van der Waals surface area contributed by atoms with E-state index in [-0.39, 0.29) is 43.6 Å². The van der Waals surface area contributed by atoms with Gasteiger partial charge in [-0.25, -0.2) is 0 Å². The lowest BCUT2D eigenvalue weighted by atomic mass is 9.83. The number of hydrogen-bond donors (Lipinski definition) is 2. The Balaban J connectivity index is 1.65. The van der Waals surface area contributed by atoms with Crippen molar-refractivity contribution in [3.63, 3.8) is 0 Å². The third-order valence-electron chi connectivity index (χ3n) is 3.72. The van der Waals surface area contributed by atoms with E-state index in [1.165, 1.54) is 6.92 Å². The van der Waals surface area contributed by atoms with Crippen molar-refractivity contribution in [3.8, 4) is 0 Å². The maximum absolute atomic E-state index is 11.8. The van der Waals surface area contributed by atoms with E-state index in [1.807, 2.05) is 30.3 Å². The van der Waals surface area contributed by atoms with Crippen LogP contribution >= 0.6 is 0 Å². The number of rotatable bonds is 7. The minimum Gasteiger partial charge on any atom is -0.460 e. The van der Waals surface area contributed by atoms with E-state index in [0.29, 0.717) is 0 Å². The number of Topliss-reactive ketones (excluding diaryl/α,β-unsaturated/α-hetero) is 1. The van der Waals surface area contributed by atoms with Gasteiger partial charge in [0, 0.05) is 12.8 Å². The second-order valence-electron chi connectivity index (χ2n) is 5.74. The molecule has 2 rings (SSSR count). The van der Waals surface area contributed by atoms with Crippen LogP contribution in [0.1, 0.15) is 25.3 Å². The van der Waals surface area contributed by atoms with Gasteiger partial charge in [-0.05, 0) is 12.5 Å². The van der Waals surface area contributed by atoms with Crippen LogP contribution in [0.5, 0.6) is 0 Å². The number of carbonyl (C=O) groups is 4. The maximum Gasteiger partial charge on any atom is 0.325 e. The van der Waals surface area contributed by atoms with E-state index in [9.17, 15) is 19.2 Å². The number of esters is 1. The molecule has 0 aliphatic heterocycles. The number of benzene rings is 1. The Kier molecular flexibility index (Phi) is 6.06. The van der Waals surface area contributed by atoms with Gasteiger partial charge >= 0.3 is 5.97 Å². The van der Waals surface area contributed by atoms with Gasteiger partial charge < -0.3 is 15.4 Å². The van der Waals surface area contributed by atoms with E-state index in [4.69, 9.17) is 4.74 Å². The van der Waals surface area contributed by atoms with E-state index >= 15 is 0 Å². The lowest BCUT2D eigenvalue weighted by Gasteiger charge is -2.24. The summed E-state index contributed by atoms with van der Waals surface area (Å²) in [5.41, 5.74) is 0.854. The SMILES string of the molecule is C[C@@H](NC(=O)C1CC(=O)C1)C(=O)NCC(=O)OCc1ccccc1. The fourth-order valence-electron chi connectivity index (χ4n) is 2.17. The standard InChI is InChI=1S/C17H20N2O5/c1-11(19-17(23)13-7-14(20)8-13)16(22)18-9-15(21)24-10-12-5-3-2-4-6-12/h2-6,11,13H,7-10H2,1H3,(H,18,22)(H,19,23)/t11-/m1/s1.